The normalized spacial score (nSPS) is 9.67. The minimum Gasteiger partial charge on any atom is -0.478 e. The molecule has 0 radical (unpaired) electrons. The fraction of sp³-hybridized carbons (Fsp3) is 0.200. The van der Waals surface area contributed by atoms with Crippen molar-refractivity contribution in [1.29, 1.82) is 0 Å². The Bertz CT molecular complexity index is 406. The van der Waals surface area contributed by atoms with E-state index in [1.54, 1.807) is 6.92 Å². The third-order valence-corrected chi connectivity index (χ3v) is 1.82. The lowest BCUT2D eigenvalue weighted by molar-refractivity contribution is -0.116. The lowest BCUT2D eigenvalue weighted by Gasteiger charge is -1.96. The van der Waals surface area contributed by atoms with Crippen LogP contribution in [0.4, 0.5) is 0 Å². The van der Waals surface area contributed by atoms with Crippen molar-refractivity contribution in [2.45, 2.75) is 13.5 Å². The van der Waals surface area contributed by atoms with Crippen molar-refractivity contribution in [1.82, 2.24) is 5.32 Å². The van der Waals surface area contributed by atoms with Gasteiger partial charge in [0, 0.05) is 0 Å². The van der Waals surface area contributed by atoms with Gasteiger partial charge >= 0.3 is 5.97 Å². The summed E-state index contributed by atoms with van der Waals surface area (Å²) >= 11 is 0. The van der Waals surface area contributed by atoms with Gasteiger partial charge in [-0.1, -0.05) is 6.58 Å². The van der Waals surface area contributed by atoms with Crippen LogP contribution in [0.1, 0.15) is 21.9 Å². The number of hydrogen-bond acceptors (Lipinski definition) is 3. The van der Waals surface area contributed by atoms with Gasteiger partial charge in [0.25, 0.3) is 0 Å². The standard InChI is InChI=1S/C10H11NO4/c1-3-9(12)11-5-7-4-8(10(13)14)6(2)15-7/h3-4H,1,5H2,2H3,(H,11,12)(H,13,14). The van der Waals surface area contributed by atoms with E-state index in [0.717, 1.165) is 6.08 Å². The molecule has 80 valence electrons. The Labute approximate surface area is 86.4 Å². The summed E-state index contributed by atoms with van der Waals surface area (Å²) in [6.07, 6.45) is 1.13. The average Bonchev–Trinajstić information content (AvgIpc) is 2.56. The number of nitrogens with one attached hydrogen (secondary N) is 1. The second-order valence-corrected chi connectivity index (χ2v) is 2.91. The molecule has 0 aliphatic carbocycles. The molecule has 0 spiro atoms. The fourth-order valence-corrected chi connectivity index (χ4v) is 1.09. The van der Waals surface area contributed by atoms with Gasteiger partial charge < -0.3 is 14.8 Å². The summed E-state index contributed by atoms with van der Waals surface area (Å²) in [6, 6.07) is 1.39. The predicted molar refractivity (Wildman–Crippen MR) is 52.4 cm³/mol. The lowest BCUT2D eigenvalue weighted by atomic mass is 10.2. The number of carboxylic acid groups (broad SMARTS) is 1. The van der Waals surface area contributed by atoms with Gasteiger partial charge in [-0.2, -0.15) is 0 Å². The lowest BCUT2D eigenvalue weighted by Crippen LogP contribution is -2.19. The second kappa shape index (κ2) is 4.45. The molecule has 0 unspecified atom stereocenters. The molecule has 0 aliphatic rings. The molecule has 1 rings (SSSR count). The molecule has 1 heterocycles. The molecule has 1 aromatic rings. The first-order valence-electron chi connectivity index (χ1n) is 4.27. The highest BCUT2D eigenvalue weighted by atomic mass is 16.4. The van der Waals surface area contributed by atoms with Crippen molar-refractivity contribution in [3.8, 4) is 0 Å². The van der Waals surface area contributed by atoms with Crippen LogP contribution < -0.4 is 5.32 Å². The third-order valence-electron chi connectivity index (χ3n) is 1.82. The number of furan rings is 1. The molecule has 0 aromatic carbocycles. The molecule has 0 saturated heterocycles. The van der Waals surface area contributed by atoms with Gasteiger partial charge in [-0.15, -0.1) is 0 Å². The molecule has 0 saturated carbocycles. The number of carbonyl (C=O) groups excluding carboxylic acids is 1. The van der Waals surface area contributed by atoms with Crippen LogP contribution in [-0.4, -0.2) is 17.0 Å². The quantitative estimate of drug-likeness (QED) is 0.727. The third kappa shape index (κ3) is 2.70. The smallest absolute Gasteiger partial charge is 0.339 e. The zero-order valence-electron chi connectivity index (χ0n) is 8.24. The molecular formula is C10H11NO4. The Hall–Kier alpha value is -2.04. The SMILES string of the molecule is C=CC(=O)NCc1cc(C(=O)O)c(C)o1. The van der Waals surface area contributed by atoms with Gasteiger partial charge in [0.15, 0.2) is 0 Å². The highest BCUT2D eigenvalue weighted by Crippen LogP contribution is 2.14. The zero-order chi connectivity index (χ0) is 11.4. The molecule has 0 atom stereocenters. The van der Waals surface area contributed by atoms with E-state index in [9.17, 15) is 9.59 Å². The monoisotopic (exact) mass is 209 g/mol. The van der Waals surface area contributed by atoms with Gasteiger partial charge in [0.05, 0.1) is 6.54 Å². The van der Waals surface area contributed by atoms with E-state index in [0.29, 0.717) is 11.5 Å². The fourth-order valence-electron chi connectivity index (χ4n) is 1.09. The number of hydrogen-bond donors (Lipinski definition) is 2. The van der Waals surface area contributed by atoms with Crippen LogP contribution in [0, 0.1) is 6.92 Å². The van der Waals surface area contributed by atoms with Crippen LogP contribution in [0.5, 0.6) is 0 Å². The number of carbonyl (C=O) groups is 2. The summed E-state index contributed by atoms with van der Waals surface area (Å²) in [6.45, 7) is 5.00. The molecular weight excluding hydrogens is 198 g/mol. The molecule has 0 fully saturated rings. The van der Waals surface area contributed by atoms with Crippen LogP contribution in [0.2, 0.25) is 0 Å². The Morgan fingerprint density at radius 2 is 2.33 bits per heavy atom. The van der Waals surface area contributed by atoms with E-state index in [-0.39, 0.29) is 18.0 Å². The molecule has 1 amide bonds. The molecule has 2 N–H and O–H groups in total. The summed E-state index contributed by atoms with van der Waals surface area (Å²) in [4.78, 5) is 21.5. The second-order valence-electron chi connectivity index (χ2n) is 2.91. The number of amides is 1. The highest BCUT2D eigenvalue weighted by molar-refractivity contribution is 5.89. The summed E-state index contributed by atoms with van der Waals surface area (Å²) in [5.41, 5.74) is 0.109. The summed E-state index contributed by atoms with van der Waals surface area (Å²) in [5.74, 6) is -0.649. The molecule has 0 aliphatic heterocycles. The van der Waals surface area contributed by atoms with Crippen LogP contribution in [0.15, 0.2) is 23.1 Å². The summed E-state index contributed by atoms with van der Waals surface area (Å²) in [7, 11) is 0. The van der Waals surface area contributed by atoms with Crippen molar-refractivity contribution in [2.75, 3.05) is 0 Å². The number of carboxylic acids is 1. The largest absolute Gasteiger partial charge is 0.478 e. The van der Waals surface area contributed by atoms with Crippen molar-refractivity contribution in [3.05, 3.63) is 35.8 Å². The Morgan fingerprint density at radius 3 is 2.80 bits per heavy atom. The predicted octanol–water partition coefficient (Wildman–Crippen LogP) is 1.09. The maximum absolute atomic E-state index is 10.8. The first-order chi connectivity index (χ1) is 7.04. The topological polar surface area (TPSA) is 79.5 Å². The first-order valence-corrected chi connectivity index (χ1v) is 4.27. The maximum Gasteiger partial charge on any atom is 0.339 e. The molecule has 0 bridgehead atoms. The van der Waals surface area contributed by atoms with Crippen molar-refractivity contribution < 1.29 is 19.1 Å². The molecule has 15 heavy (non-hydrogen) atoms. The van der Waals surface area contributed by atoms with Gasteiger partial charge in [-0.25, -0.2) is 4.79 Å². The van der Waals surface area contributed by atoms with Crippen molar-refractivity contribution >= 4 is 11.9 Å². The highest BCUT2D eigenvalue weighted by Gasteiger charge is 2.13. The Kier molecular flexibility index (Phi) is 3.28. The maximum atomic E-state index is 10.8. The Morgan fingerprint density at radius 1 is 1.67 bits per heavy atom. The van der Waals surface area contributed by atoms with Gasteiger partial charge in [-0.3, -0.25) is 4.79 Å². The van der Waals surface area contributed by atoms with Crippen LogP contribution in [0.25, 0.3) is 0 Å². The van der Waals surface area contributed by atoms with Crippen molar-refractivity contribution in [3.63, 3.8) is 0 Å². The van der Waals surface area contributed by atoms with Crippen LogP contribution >= 0.6 is 0 Å². The zero-order valence-corrected chi connectivity index (χ0v) is 8.24. The van der Waals surface area contributed by atoms with E-state index in [2.05, 4.69) is 11.9 Å². The van der Waals surface area contributed by atoms with Gasteiger partial charge in [0.2, 0.25) is 5.91 Å². The molecule has 5 nitrogen and oxygen atoms in total. The minimum absolute atomic E-state index is 0.109. The van der Waals surface area contributed by atoms with E-state index in [1.807, 2.05) is 0 Å². The van der Waals surface area contributed by atoms with E-state index in [1.165, 1.54) is 6.07 Å². The minimum atomic E-state index is -1.04. The number of aromatic carboxylic acids is 1. The van der Waals surface area contributed by atoms with Gasteiger partial charge in [-0.05, 0) is 19.1 Å². The molecule has 1 aromatic heterocycles. The van der Waals surface area contributed by atoms with E-state index in [4.69, 9.17) is 9.52 Å². The first kappa shape index (κ1) is 11.0. The van der Waals surface area contributed by atoms with E-state index >= 15 is 0 Å². The summed E-state index contributed by atoms with van der Waals surface area (Å²) in [5, 5.41) is 11.2. The van der Waals surface area contributed by atoms with E-state index < -0.39 is 5.97 Å². The van der Waals surface area contributed by atoms with Crippen molar-refractivity contribution in [2.24, 2.45) is 0 Å². The number of aryl methyl sites for hydroxylation is 1. The average molecular weight is 209 g/mol. The number of rotatable bonds is 4. The summed E-state index contributed by atoms with van der Waals surface area (Å²) < 4.78 is 5.14. The van der Waals surface area contributed by atoms with Crippen LogP contribution in [0.3, 0.4) is 0 Å². The van der Waals surface area contributed by atoms with Gasteiger partial charge in [0.1, 0.15) is 17.1 Å². The molecule has 5 heteroatoms. The Balaban J connectivity index is 2.71. The van der Waals surface area contributed by atoms with Crippen LogP contribution in [-0.2, 0) is 11.3 Å².